The Hall–Kier alpha value is -2.37. The summed E-state index contributed by atoms with van der Waals surface area (Å²) in [7, 11) is 0. The van der Waals surface area contributed by atoms with Gasteiger partial charge < -0.3 is 20.1 Å². The van der Waals surface area contributed by atoms with E-state index in [9.17, 15) is 19.5 Å². The van der Waals surface area contributed by atoms with Crippen LogP contribution in [0.2, 0.25) is 0 Å². The summed E-state index contributed by atoms with van der Waals surface area (Å²) in [6.07, 6.45) is 4.81. The number of hydrogen-bond acceptors (Lipinski definition) is 4. The molecule has 6 heteroatoms. The number of rotatable bonds is 4. The van der Waals surface area contributed by atoms with E-state index in [-0.39, 0.29) is 11.8 Å². The van der Waals surface area contributed by atoms with Crippen LogP contribution in [0.15, 0.2) is 24.3 Å². The number of carbonyl (C=O) groups excluding carboxylic acids is 3. The van der Waals surface area contributed by atoms with Gasteiger partial charge in [0, 0.05) is 42.1 Å². The second kappa shape index (κ2) is 7.68. The van der Waals surface area contributed by atoms with Crippen molar-refractivity contribution in [2.24, 2.45) is 11.8 Å². The zero-order valence-electron chi connectivity index (χ0n) is 14.2. The molecule has 1 aromatic rings. The van der Waals surface area contributed by atoms with Crippen LogP contribution in [0.25, 0.3) is 0 Å². The Kier molecular flexibility index (Phi) is 5.36. The van der Waals surface area contributed by atoms with Gasteiger partial charge in [0.05, 0.1) is 0 Å². The zero-order chi connectivity index (χ0) is 17.8. The highest BCUT2D eigenvalue weighted by Gasteiger charge is 2.31. The quantitative estimate of drug-likeness (QED) is 0.895. The Morgan fingerprint density at radius 3 is 2.12 bits per heavy atom. The second-order valence-corrected chi connectivity index (χ2v) is 6.88. The number of aliphatic carboxylic acids is 1. The summed E-state index contributed by atoms with van der Waals surface area (Å²) in [5.41, 5.74) is 1.18. The van der Waals surface area contributed by atoms with Gasteiger partial charge in [0.15, 0.2) is 0 Å². The summed E-state index contributed by atoms with van der Waals surface area (Å²) in [6.45, 7) is 1.59. The Labute approximate surface area is 147 Å². The number of nitrogens with zero attached hydrogens (tertiary/aromatic N) is 1. The number of hydrogen-bond donors (Lipinski definition) is 1. The first kappa shape index (κ1) is 17.5. The van der Waals surface area contributed by atoms with Gasteiger partial charge in [-0.25, -0.2) is 0 Å². The highest BCUT2D eigenvalue weighted by molar-refractivity contribution is 5.97. The molecule has 2 aliphatic rings. The number of anilines is 1. The zero-order valence-corrected chi connectivity index (χ0v) is 14.2. The molecule has 2 amide bonds. The van der Waals surface area contributed by atoms with E-state index in [0.29, 0.717) is 24.1 Å². The molecule has 0 spiro atoms. The van der Waals surface area contributed by atoms with Gasteiger partial charge in [-0.3, -0.25) is 9.59 Å². The number of carboxylic acids is 1. The molecule has 0 aromatic heterocycles. The lowest BCUT2D eigenvalue weighted by atomic mass is 9.78. The van der Waals surface area contributed by atoms with E-state index in [1.54, 1.807) is 24.3 Å². The normalized spacial score (nSPS) is 23.3. The molecule has 1 N–H and O–H groups in total. The van der Waals surface area contributed by atoms with E-state index in [1.807, 2.05) is 4.90 Å². The van der Waals surface area contributed by atoms with E-state index in [0.717, 1.165) is 38.8 Å². The van der Waals surface area contributed by atoms with Crippen molar-refractivity contribution >= 4 is 23.5 Å². The van der Waals surface area contributed by atoms with Gasteiger partial charge in [0.1, 0.15) is 0 Å². The molecule has 6 nitrogen and oxygen atoms in total. The molecule has 1 saturated carbocycles. The topological polar surface area (TPSA) is 89.5 Å². The number of amides is 2. The van der Waals surface area contributed by atoms with E-state index in [1.165, 1.54) is 0 Å². The molecular formula is C19H23N2O4-. The lowest BCUT2D eigenvalue weighted by molar-refractivity contribution is -0.313. The Bertz CT molecular complexity index is 650. The van der Waals surface area contributed by atoms with E-state index >= 15 is 0 Å². The van der Waals surface area contributed by atoms with Crippen molar-refractivity contribution in [3.63, 3.8) is 0 Å². The van der Waals surface area contributed by atoms with Gasteiger partial charge in [0.2, 0.25) is 5.91 Å². The number of nitrogens with one attached hydrogen (secondary N) is 1. The van der Waals surface area contributed by atoms with Crippen LogP contribution in [0, 0.1) is 11.8 Å². The molecular weight excluding hydrogens is 320 g/mol. The van der Waals surface area contributed by atoms with Gasteiger partial charge in [-0.05, 0) is 49.9 Å². The molecule has 2 fully saturated rings. The number of carbonyl (C=O) groups is 3. The smallest absolute Gasteiger partial charge is 0.253 e. The first-order valence-electron chi connectivity index (χ1n) is 8.97. The molecule has 1 aromatic carbocycles. The predicted octanol–water partition coefficient (Wildman–Crippen LogP) is 1.42. The molecule has 25 heavy (non-hydrogen) atoms. The third kappa shape index (κ3) is 4.00. The average Bonchev–Trinajstić information content (AvgIpc) is 3.16. The SMILES string of the molecule is O=C([O-])[C@H]1CCCC[C@@H]1C(=O)Nc1ccc(C(=O)N2CCCC2)cc1. The minimum Gasteiger partial charge on any atom is -0.550 e. The average molecular weight is 343 g/mol. The molecule has 2 atom stereocenters. The van der Waals surface area contributed by atoms with Crippen molar-refractivity contribution in [1.29, 1.82) is 0 Å². The fourth-order valence-corrected chi connectivity index (χ4v) is 3.76. The van der Waals surface area contributed by atoms with E-state index in [4.69, 9.17) is 0 Å². The minimum absolute atomic E-state index is 0.0136. The minimum atomic E-state index is -1.15. The maximum atomic E-state index is 12.4. The summed E-state index contributed by atoms with van der Waals surface area (Å²) >= 11 is 0. The van der Waals surface area contributed by atoms with Gasteiger partial charge in [-0.2, -0.15) is 0 Å². The number of benzene rings is 1. The van der Waals surface area contributed by atoms with Crippen LogP contribution in [-0.2, 0) is 9.59 Å². The van der Waals surface area contributed by atoms with Crippen molar-refractivity contribution in [2.45, 2.75) is 38.5 Å². The van der Waals surface area contributed by atoms with Crippen molar-refractivity contribution in [3.8, 4) is 0 Å². The van der Waals surface area contributed by atoms with Gasteiger partial charge >= 0.3 is 0 Å². The summed E-state index contributed by atoms with van der Waals surface area (Å²) in [5.74, 6) is -2.69. The number of likely N-dealkylation sites (tertiary alicyclic amines) is 1. The van der Waals surface area contributed by atoms with Gasteiger partial charge in [-0.1, -0.05) is 12.8 Å². The van der Waals surface area contributed by atoms with Gasteiger partial charge in [0.25, 0.3) is 5.91 Å². The molecule has 1 aliphatic carbocycles. The highest BCUT2D eigenvalue weighted by atomic mass is 16.4. The largest absolute Gasteiger partial charge is 0.550 e. The van der Waals surface area contributed by atoms with Crippen LogP contribution in [-0.4, -0.2) is 35.8 Å². The first-order valence-corrected chi connectivity index (χ1v) is 8.97. The fraction of sp³-hybridized carbons (Fsp3) is 0.526. The van der Waals surface area contributed by atoms with Crippen molar-refractivity contribution in [2.75, 3.05) is 18.4 Å². The van der Waals surface area contributed by atoms with Gasteiger partial charge in [-0.15, -0.1) is 0 Å². The van der Waals surface area contributed by atoms with Crippen molar-refractivity contribution in [1.82, 2.24) is 4.90 Å². The van der Waals surface area contributed by atoms with Crippen LogP contribution in [0.4, 0.5) is 5.69 Å². The molecule has 1 saturated heterocycles. The van der Waals surface area contributed by atoms with Crippen molar-refractivity contribution in [3.05, 3.63) is 29.8 Å². The number of carboxylic acid groups (broad SMARTS) is 1. The van der Waals surface area contributed by atoms with E-state index in [2.05, 4.69) is 5.32 Å². The monoisotopic (exact) mass is 343 g/mol. The summed E-state index contributed by atoms with van der Waals surface area (Å²) in [5, 5.41) is 14.0. The molecule has 0 radical (unpaired) electrons. The first-order chi connectivity index (χ1) is 12.1. The lowest BCUT2D eigenvalue weighted by Crippen LogP contribution is -2.42. The summed E-state index contributed by atoms with van der Waals surface area (Å²) < 4.78 is 0. The van der Waals surface area contributed by atoms with Crippen LogP contribution in [0.5, 0.6) is 0 Å². The maximum absolute atomic E-state index is 12.4. The van der Waals surface area contributed by atoms with Crippen LogP contribution >= 0.6 is 0 Å². The lowest BCUT2D eigenvalue weighted by Gasteiger charge is -2.31. The summed E-state index contributed by atoms with van der Waals surface area (Å²) in [6, 6.07) is 6.79. The second-order valence-electron chi connectivity index (χ2n) is 6.88. The van der Waals surface area contributed by atoms with Crippen LogP contribution in [0.1, 0.15) is 48.9 Å². The highest BCUT2D eigenvalue weighted by Crippen LogP contribution is 2.30. The molecule has 1 heterocycles. The Morgan fingerprint density at radius 1 is 0.920 bits per heavy atom. The summed E-state index contributed by atoms with van der Waals surface area (Å²) in [4.78, 5) is 37.8. The molecule has 0 unspecified atom stereocenters. The maximum Gasteiger partial charge on any atom is 0.253 e. The van der Waals surface area contributed by atoms with Crippen LogP contribution in [0.3, 0.4) is 0 Å². The van der Waals surface area contributed by atoms with E-state index < -0.39 is 17.8 Å². The molecule has 0 bridgehead atoms. The fourth-order valence-electron chi connectivity index (χ4n) is 3.76. The standard InChI is InChI=1S/C19H24N2O4/c22-17(15-5-1-2-6-16(15)19(24)25)20-14-9-7-13(8-10-14)18(23)21-11-3-4-12-21/h7-10,15-16H,1-6,11-12H2,(H,20,22)(H,24,25)/p-1/t15-,16-/m0/s1. The molecule has 134 valence electrons. The molecule has 1 aliphatic heterocycles. The molecule has 3 rings (SSSR count). The van der Waals surface area contributed by atoms with Crippen molar-refractivity contribution < 1.29 is 19.5 Å². The third-order valence-corrected chi connectivity index (χ3v) is 5.20. The predicted molar refractivity (Wildman–Crippen MR) is 90.7 cm³/mol. The third-order valence-electron chi connectivity index (χ3n) is 5.20. The Morgan fingerprint density at radius 2 is 1.52 bits per heavy atom. The Balaban J connectivity index is 1.63. The van der Waals surface area contributed by atoms with Crippen LogP contribution < -0.4 is 10.4 Å².